The number of likely N-dealkylation sites (tertiary alicyclic amines) is 2. The van der Waals surface area contributed by atoms with Crippen LogP contribution in [0.1, 0.15) is 38.8 Å². The Morgan fingerprint density at radius 1 is 1.07 bits per heavy atom. The summed E-state index contributed by atoms with van der Waals surface area (Å²) in [5.41, 5.74) is 0.882. The highest BCUT2D eigenvalue weighted by molar-refractivity contribution is 7.89. The molecular formula is C22H30N4O3S. The van der Waals surface area contributed by atoms with Gasteiger partial charge in [-0.3, -0.25) is 9.78 Å². The molecule has 2 fully saturated rings. The van der Waals surface area contributed by atoms with Gasteiger partial charge in [-0.05, 0) is 63.6 Å². The van der Waals surface area contributed by atoms with Crippen molar-refractivity contribution in [3.8, 4) is 0 Å². The minimum absolute atomic E-state index is 0.0975. The van der Waals surface area contributed by atoms with Crippen LogP contribution in [0, 0.1) is 6.92 Å². The van der Waals surface area contributed by atoms with Crippen LogP contribution in [0.4, 0.5) is 0 Å². The molecule has 0 saturated carbocycles. The maximum Gasteiger partial charge on any atom is 0.241 e. The Hall–Kier alpha value is -2.03. The van der Waals surface area contributed by atoms with Crippen molar-refractivity contribution in [2.24, 2.45) is 0 Å². The number of nitrogens with one attached hydrogen (secondary N) is 1. The Morgan fingerprint density at radius 3 is 2.50 bits per heavy atom. The van der Waals surface area contributed by atoms with Crippen LogP contribution in [-0.4, -0.2) is 66.9 Å². The van der Waals surface area contributed by atoms with Gasteiger partial charge in [0.2, 0.25) is 15.9 Å². The van der Waals surface area contributed by atoms with Crippen molar-refractivity contribution in [2.45, 2.75) is 63.1 Å². The van der Waals surface area contributed by atoms with Gasteiger partial charge in [-0.25, -0.2) is 8.42 Å². The number of aromatic nitrogens is 1. The van der Waals surface area contributed by atoms with Crippen molar-refractivity contribution in [2.75, 3.05) is 19.6 Å². The van der Waals surface area contributed by atoms with Gasteiger partial charge in [-0.15, -0.1) is 0 Å². The molecule has 2 saturated heterocycles. The second-order valence-electron chi connectivity index (χ2n) is 8.69. The van der Waals surface area contributed by atoms with Crippen molar-refractivity contribution in [3.05, 3.63) is 36.2 Å². The molecule has 3 heterocycles. The molecule has 1 atom stereocenters. The van der Waals surface area contributed by atoms with E-state index in [1.165, 1.54) is 0 Å². The highest BCUT2D eigenvalue weighted by Gasteiger charge is 2.39. The number of carbonyl (C=O) groups is 1. The standard InChI is InChI=1S/C22H30N4O3S/c1-15(2)25-9-6-19(7-10-25)26-11-8-21(22(26)27)24-30(28,29)20-5-4-17-12-16(3)23-14-18(17)13-20/h4-5,12-15,19,21,24H,6-11H2,1-3H3/t21-/m0/s1. The maximum absolute atomic E-state index is 13.0. The smallest absolute Gasteiger partial charge is 0.241 e. The van der Waals surface area contributed by atoms with E-state index < -0.39 is 16.1 Å². The molecule has 0 aliphatic carbocycles. The molecule has 0 radical (unpaired) electrons. The highest BCUT2D eigenvalue weighted by atomic mass is 32.2. The fourth-order valence-electron chi connectivity index (χ4n) is 4.54. The topological polar surface area (TPSA) is 82.6 Å². The van der Waals surface area contributed by atoms with Gasteiger partial charge in [-0.1, -0.05) is 6.07 Å². The molecule has 162 valence electrons. The van der Waals surface area contributed by atoms with E-state index in [0.717, 1.165) is 42.4 Å². The zero-order valence-corrected chi connectivity index (χ0v) is 18.7. The summed E-state index contributed by atoms with van der Waals surface area (Å²) in [6.45, 7) is 8.85. The first kappa shape index (κ1) is 21.2. The Kier molecular flexibility index (Phi) is 5.83. The highest BCUT2D eigenvalue weighted by Crippen LogP contribution is 2.25. The van der Waals surface area contributed by atoms with Gasteiger partial charge in [-0.2, -0.15) is 4.72 Å². The van der Waals surface area contributed by atoms with Crippen LogP contribution < -0.4 is 4.72 Å². The van der Waals surface area contributed by atoms with Crippen molar-refractivity contribution in [3.63, 3.8) is 0 Å². The molecule has 0 unspecified atom stereocenters. The summed E-state index contributed by atoms with van der Waals surface area (Å²) in [4.78, 5) is 21.7. The van der Waals surface area contributed by atoms with Crippen LogP contribution in [0.15, 0.2) is 35.4 Å². The lowest BCUT2D eigenvalue weighted by atomic mass is 10.0. The predicted octanol–water partition coefficient (Wildman–Crippen LogP) is 2.30. The van der Waals surface area contributed by atoms with Crippen LogP contribution in [0.3, 0.4) is 0 Å². The molecule has 1 aromatic carbocycles. The SMILES string of the molecule is Cc1cc2ccc(S(=O)(=O)N[C@H]3CCN(C4CCN(C(C)C)CC4)C3=O)cc2cn1. The summed E-state index contributed by atoms with van der Waals surface area (Å²) in [5.74, 6) is -0.0975. The first-order chi connectivity index (χ1) is 14.2. The Balaban J connectivity index is 1.44. The first-order valence-electron chi connectivity index (χ1n) is 10.7. The molecule has 0 bridgehead atoms. The number of rotatable bonds is 5. The molecule has 2 aliphatic heterocycles. The quantitative estimate of drug-likeness (QED) is 0.787. The first-order valence-corrected chi connectivity index (χ1v) is 12.2. The minimum Gasteiger partial charge on any atom is -0.338 e. The molecule has 4 rings (SSSR count). The lowest BCUT2D eigenvalue weighted by molar-refractivity contribution is -0.131. The maximum atomic E-state index is 13.0. The molecule has 1 N–H and O–H groups in total. The van der Waals surface area contributed by atoms with E-state index in [-0.39, 0.29) is 16.8 Å². The molecule has 1 amide bonds. The van der Waals surface area contributed by atoms with Gasteiger partial charge < -0.3 is 9.80 Å². The number of piperidine rings is 1. The second-order valence-corrected chi connectivity index (χ2v) is 10.4. The Labute approximate surface area is 178 Å². The number of hydrogen-bond donors (Lipinski definition) is 1. The zero-order chi connectivity index (χ0) is 21.5. The summed E-state index contributed by atoms with van der Waals surface area (Å²) in [5, 5.41) is 1.71. The number of fused-ring (bicyclic) bond motifs is 1. The van der Waals surface area contributed by atoms with E-state index >= 15 is 0 Å². The third kappa shape index (κ3) is 4.22. The van der Waals surface area contributed by atoms with Crippen LogP contribution in [-0.2, 0) is 14.8 Å². The zero-order valence-electron chi connectivity index (χ0n) is 17.8. The molecule has 0 spiro atoms. The van der Waals surface area contributed by atoms with Gasteiger partial charge in [0.25, 0.3) is 0 Å². The fraction of sp³-hybridized carbons (Fsp3) is 0.545. The number of pyridine rings is 1. The molecule has 2 aromatic rings. The molecule has 30 heavy (non-hydrogen) atoms. The number of sulfonamides is 1. The lowest BCUT2D eigenvalue weighted by Gasteiger charge is -2.38. The second kappa shape index (κ2) is 8.24. The van der Waals surface area contributed by atoms with E-state index in [2.05, 4.69) is 28.5 Å². The Bertz CT molecular complexity index is 1050. The third-order valence-electron chi connectivity index (χ3n) is 6.35. The Morgan fingerprint density at radius 2 is 1.80 bits per heavy atom. The number of nitrogens with zero attached hydrogens (tertiary/aromatic N) is 3. The average Bonchev–Trinajstić information content (AvgIpc) is 3.07. The molecule has 7 nitrogen and oxygen atoms in total. The van der Waals surface area contributed by atoms with Gasteiger partial charge in [0.05, 0.1) is 4.90 Å². The average molecular weight is 431 g/mol. The van der Waals surface area contributed by atoms with Crippen molar-refractivity contribution in [1.82, 2.24) is 19.5 Å². The number of carbonyl (C=O) groups excluding carboxylic acids is 1. The van der Waals surface area contributed by atoms with Crippen LogP contribution >= 0.6 is 0 Å². The fourth-order valence-corrected chi connectivity index (χ4v) is 5.80. The van der Waals surface area contributed by atoms with Crippen LogP contribution in [0.2, 0.25) is 0 Å². The summed E-state index contributed by atoms with van der Waals surface area (Å²) < 4.78 is 28.5. The van der Waals surface area contributed by atoms with Crippen molar-refractivity contribution < 1.29 is 13.2 Å². The summed E-state index contributed by atoms with van der Waals surface area (Å²) in [6.07, 6.45) is 4.08. The van der Waals surface area contributed by atoms with Gasteiger partial charge in [0, 0.05) is 49.0 Å². The minimum atomic E-state index is -3.79. The van der Waals surface area contributed by atoms with Gasteiger partial charge in [0.15, 0.2) is 0 Å². The van der Waals surface area contributed by atoms with Gasteiger partial charge in [0.1, 0.15) is 6.04 Å². The largest absolute Gasteiger partial charge is 0.338 e. The number of hydrogen-bond acceptors (Lipinski definition) is 5. The van der Waals surface area contributed by atoms with E-state index in [9.17, 15) is 13.2 Å². The van der Waals surface area contributed by atoms with Crippen molar-refractivity contribution >= 4 is 26.7 Å². The van der Waals surface area contributed by atoms with Crippen molar-refractivity contribution in [1.29, 1.82) is 0 Å². The summed E-state index contributed by atoms with van der Waals surface area (Å²) in [6, 6.07) is 6.93. The molecule has 1 aromatic heterocycles. The molecule has 2 aliphatic rings. The van der Waals surface area contributed by atoms with Crippen LogP contribution in [0.5, 0.6) is 0 Å². The third-order valence-corrected chi connectivity index (χ3v) is 7.82. The predicted molar refractivity (Wildman–Crippen MR) is 117 cm³/mol. The van der Waals surface area contributed by atoms with Crippen LogP contribution in [0.25, 0.3) is 10.8 Å². The molecule has 8 heteroatoms. The number of aryl methyl sites for hydroxylation is 1. The normalized spacial score (nSPS) is 21.8. The number of benzene rings is 1. The summed E-state index contributed by atoms with van der Waals surface area (Å²) >= 11 is 0. The van der Waals surface area contributed by atoms with Gasteiger partial charge >= 0.3 is 0 Å². The molecular weight excluding hydrogens is 400 g/mol. The lowest BCUT2D eigenvalue weighted by Crippen LogP contribution is -2.49. The van der Waals surface area contributed by atoms with E-state index in [4.69, 9.17) is 0 Å². The summed E-state index contributed by atoms with van der Waals surface area (Å²) in [7, 11) is -3.79. The monoisotopic (exact) mass is 430 g/mol. The number of amides is 1. The van der Waals surface area contributed by atoms with E-state index in [1.807, 2.05) is 17.9 Å². The van der Waals surface area contributed by atoms with E-state index in [1.54, 1.807) is 24.4 Å². The van der Waals surface area contributed by atoms with E-state index in [0.29, 0.717) is 19.0 Å².